The Morgan fingerprint density at radius 3 is 2.35 bits per heavy atom. The monoisotopic (exact) mass is 529 g/mol. The molecule has 0 spiro atoms. The van der Waals surface area contributed by atoms with Crippen molar-refractivity contribution in [2.75, 3.05) is 31.1 Å². The first-order valence-corrected chi connectivity index (χ1v) is 11.9. The van der Waals surface area contributed by atoms with E-state index in [1.807, 2.05) is 0 Å². The molecule has 2 aliphatic heterocycles. The first-order chi connectivity index (χ1) is 17.6. The Labute approximate surface area is 211 Å². The average Bonchev–Trinajstić information content (AvgIpc) is 3.50. The molecule has 0 aliphatic carbocycles. The Morgan fingerprint density at radius 2 is 1.73 bits per heavy atom. The van der Waals surface area contributed by atoms with Crippen LogP contribution in [0.2, 0.25) is 0 Å². The van der Waals surface area contributed by atoms with Crippen molar-refractivity contribution in [1.29, 1.82) is 0 Å². The Morgan fingerprint density at radius 1 is 1.03 bits per heavy atom. The van der Waals surface area contributed by atoms with Crippen LogP contribution in [0, 0.1) is 0 Å². The second-order valence-electron chi connectivity index (χ2n) is 8.28. The summed E-state index contributed by atoms with van der Waals surface area (Å²) in [5, 5.41) is 6.00. The van der Waals surface area contributed by atoms with E-state index in [2.05, 4.69) is 10.2 Å². The number of hydrogen-bond donors (Lipinski definition) is 1. The fourth-order valence-corrected chi connectivity index (χ4v) is 4.78. The number of carbonyl (C=O) groups excluding carboxylic acids is 3. The number of primary amides is 1. The van der Waals surface area contributed by atoms with Gasteiger partial charge in [-0.15, -0.1) is 10.2 Å². The van der Waals surface area contributed by atoms with E-state index in [-0.39, 0.29) is 39.5 Å². The number of aromatic nitrogens is 2. The predicted octanol–water partition coefficient (Wildman–Crippen LogP) is 3.23. The third kappa shape index (κ3) is 4.77. The highest BCUT2D eigenvalue weighted by atomic mass is 32.1. The topological polar surface area (TPSA) is 119 Å². The molecule has 1 aromatic heterocycles. The van der Waals surface area contributed by atoms with Crippen molar-refractivity contribution < 1.29 is 32.3 Å². The summed E-state index contributed by atoms with van der Waals surface area (Å²) >= 11 is 0.478. The zero-order valence-electron chi connectivity index (χ0n) is 19.0. The molecule has 1 fully saturated rings. The summed E-state index contributed by atoms with van der Waals surface area (Å²) in [6.45, 7) is 1.29. The number of hydrogen-bond acceptors (Lipinski definition) is 8. The Balaban J connectivity index is 1.23. The number of nitrogens with two attached hydrogens (primary N) is 1. The number of allylic oxidation sites excluding steroid dienone is 1. The summed E-state index contributed by atoms with van der Waals surface area (Å²) in [4.78, 5) is 40.5. The van der Waals surface area contributed by atoms with E-state index in [0.29, 0.717) is 48.6 Å². The van der Waals surface area contributed by atoms with E-state index in [4.69, 9.17) is 10.5 Å². The molecule has 2 N–H and O–H groups in total. The van der Waals surface area contributed by atoms with E-state index in [1.54, 1.807) is 46.2 Å². The second-order valence-corrected chi connectivity index (χ2v) is 9.23. The van der Waals surface area contributed by atoms with Crippen LogP contribution < -0.4 is 15.4 Å². The molecule has 190 valence electrons. The van der Waals surface area contributed by atoms with Crippen LogP contribution in [0.3, 0.4) is 0 Å². The summed E-state index contributed by atoms with van der Waals surface area (Å²) in [5.41, 5.74) is 6.74. The highest BCUT2D eigenvalue weighted by Crippen LogP contribution is 2.36. The van der Waals surface area contributed by atoms with Crippen molar-refractivity contribution in [2.24, 2.45) is 5.73 Å². The van der Waals surface area contributed by atoms with Gasteiger partial charge in [-0.1, -0.05) is 29.5 Å². The van der Waals surface area contributed by atoms with Crippen LogP contribution in [0.25, 0.3) is 6.08 Å². The number of fused-ring (bicyclic) bond motifs is 1. The van der Waals surface area contributed by atoms with E-state index in [9.17, 15) is 27.6 Å². The standard InChI is InChI=1S/C24H18F3N5O4S/c25-24(26,27)22-29-30-23(37-22)32-10-8-31(9-11-32)21(35)14-6-4-13(5-7-14)12-17-18(33)15-2-1-3-16(20(28)34)19(15)36-17/h1-7,12H,8-11H2,(H2,28,34)/b17-12-. The van der Waals surface area contributed by atoms with E-state index in [0.717, 1.165) is 0 Å². The highest BCUT2D eigenvalue weighted by Gasteiger charge is 2.37. The van der Waals surface area contributed by atoms with Crippen molar-refractivity contribution in [1.82, 2.24) is 15.1 Å². The van der Waals surface area contributed by atoms with Crippen molar-refractivity contribution in [3.63, 3.8) is 0 Å². The normalized spacial score (nSPS) is 16.6. The van der Waals surface area contributed by atoms with Crippen LogP contribution in [-0.2, 0) is 6.18 Å². The lowest BCUT2D eigenvalue weighted by Crippen LogP contribution is -2.48. The zero-order chi connectivity index (χ0) is 26.3. The van der Waals surface area contributed by atoms with Crippen molar-refractivity contribution in [3.05, 3.63) is 75.5 Å². The number of Topliss-reactive ketones (excluding diaryl/α,β-unsaturated/α-hetero) is 1. The molecule has 37 heavy (non-hydrogen) atoms. The molecule has 2 aromatic carbocycles. The molecule has 3 heterocycles. The average molecular weight is 530 g/mol. The van der Waals surface area contributed by atoms with Crippen LogP contribution in [0.1, 0.15) is 41.6 Å². The SMILES string of the molecule is NC(=O)c1cccc2c1O/C(=C\c1ccc(C(=O)N3CCN(c4nnc(C(F)(F)F)s4)CC3)cc1)C2=O. The first-order valence-electron chi connectivity index (χ1n) is 11.0. The van der Waals surface area contributed by atoms with Crippen molar-refractivity contribution in [3.8, 4) is 5.75 Å². The van der Waals surface area contributed by atoms with Gasteiger partial charge in [0.15, 0.2) is 11.5 Å². The maximum Gasteiger partial charge on any atom is 0.445 e. The van der Waals surface area contributed by atoms with Gasteiger partial charge in [0, 0.05) is 31.7 Å². The third-order valence-electron chi connectivity index (χ3n) is 5.91. The molecule has 13 heteroatoms. The van der Waals surface area contributed by atoms with Crippen molar-refractivity contribution in [2.45, 2.75) is 6.18 Å². The van der Waals surface area contributed by atoms with Gasteiger partial charge in [0.1, 0.15) is 0 Å². The molecule has 5 rings (SSSR count). The van der Waals surface area contributed by atoms with Gasteiger partial charge in [0.2, 0.25) is 15.9 Å². The third-order valence-corrected chi connectivity index (χ3v) is 6.94. The number of piperazine rings is 1. The van der Waals surface area contributed by atoms with Gasteiger partial charge < -0.3 is 20.3 Å². The number of halogens is 3. The Hall–Kier alpha value is -4.26. The summed E-state index contributed by atoms with van der Waals surface area (Å²) in [7, 11) is 0. The predicted molar refractivity (Wildman–Crippen MR) is 127 cm³/mol. The molecule has 0 saturated carbocycles. The quantitative estimate of drug-likeness (QED) is 0.516. The number of ether oxygens (including phenoxy) is 1. The number of ketones is 1. The van der Waals surface area contributed by atoms with E-state index < -0.39 is 17.1 Å². The van der Waals surface area contributed by atoms with Crippen molar-refractivity contribution >= 4 is 40.1 Å². The summed E-state index contributed by atoms with van der Waals surface area (Å²) in [6.07, 6.45) is -3.03. The number of rotatable bonds is 4. The molecule has 0 atom stereocenters. The molecule has 1 saturated heterocycles. The van der Waals surface area contributed by atoms with Gasteiger partial charge >= 0.3 is 6.18 Å². The van der Waals surface area contributed by atoms with Gasteiger partial charge in [-0.05, 0) is 35.9 Å². The van der Waals surface area contributed by atoms with Gasteiger partial charge in [-0.25, -0.2) is 0 Å². The minimum Gasteiger partial charge on any atom is -0.452 e. The molecular formula is C24H18F3N5O4S. The molecule has 2 aliphatic rings. The minimum atomic E-state index is -4.54. The van der Waals surface area contributed by atoms with Gasteiger partial charge in [0.05, 0.1) is 11.1 Å². The number of para-hydroxylation sites is 1. The molecule has 3 aromatic rings. The lowest BCUT2D eigenvalue weighted by molar-refractivity contribution is -0.138. The molecule has 0 unspecified atom stereocenters. The maximum absolute atomic E-state index is 12.9. The lowest BCUT2D eigenvalue weighted by Gasteiger charge is -2.34. The van der Waals surface area contributed by atoms with Crippen LogP contribution >= 0.6 is 11.3 Å². The number of anilines is 1. The molecule has 9 nitrogen and oxygen atoms in total. The lowest BCUT2D eigenvalue weighted by atomic mass is 10.0. The highest BCUT2D eigenvalue weighted by molar-refractivity contribution is 7.15. The fourth-order valence-electron chi connectivity index (χ4n) is 4.02. The summed E-state index contributed by atoms with van der Waals surface area (Å²) < 4.78 is 44.0. The molecular weight excluding hydrogens is 511 g/mol. The van der Waals surface area contributed by atoms with E-state index >= 15 is 0 Å². The second kappa shape index (κ2) is 9.32. The minimum absolute atomic E-state index is 0.0317. The molecule has 0 radical (unpaired) electrons. The zero-order valence-corrected chi connectivity index (χ0v) is 19.8. The molecule has 0 bridgehead atoms. The number of alkyl halides is 3. The maximum atomic E-state index is 12.9. The number of benzene rings is 2. The van der Waals surface area contributed by atoms with Crippen LogP contribution in [0.4, 0.5) is 18.3 Å². The largest absolute Gasteiger partial charge is 0.452 e. The van der Waals surface area contributed by atoms with Gasteiger partial charge in [0.25, 0.3) is 11.8 Å². The number of nitrogens with zero attached hydrogens (tertiary/aromatic N) is 4. The number of carbonyl (C=O) groups is 3. The van der Waals surface area contributed by atoms with Crippen LogP contribution in [0.5, 0.6) is 5.75 Å². The number of amides is 2. The van der Waals surface area contributed by atoms with Gasteiger partial charge in [-0.3, -0.25) is 14.4 Å². The van der Waals surface area contributed by atoms with E-state index in [1.165, 1.54) is 12.1 Å². The fraction of sp³-hybridized carbons (Fsp3) is 0.208. The van der Waals surface area contributed by atoms with Crippen LogP contribution in [0.15, 0.2) is 48.2 Å². The smallest absolute Gasteiger partial charge is 0.445 e. The Kier molecular flexibility index (Phi) is 6.15. The molecule has 2 amide bonds. The van der Waals surface area contributed by atoms with Gasteiger partial charge in [-0.2, -0.15) is 13.2 Å². The Bertz CT molecular complexity index is 1430. The van der Waals surface area contributed by atoms with Crippen LogP contribution in [-0.4, -0.2) is 58.9 Å². The summed E-state index contributed by atoms with van der Waals surface area (Å²) in [6, 6.07) is 11.1. The first kappa shape index (κ1) is 24.4. The summed E-state index contributed by atoms with van der Waals surface area (Å²) in [5.74, 6) is -1.15.